The average Bonchev–Trinajstić information content (AvgIpc) is 4.09. The standard InChI is InChI=1S/C21H25FN6O3.C17H21FN4O2.C7H13N3O2S.CH4/c1-4-23-20(29)28-19-26-13-8-12(11-9-24-18(25-10-11)21(2,3)30)16(22)15(17(13)27-19)14-6-5-7-31-14;1-17(2,23)16-21-7-9(8-22-16)10-6-11(19)15(20)13(14(10)18)12-4-3-5-24-12;1-4-8-6(12)10-7(13-3)9-5(2)11;/h8-10,14,30H,4-7H2,1-3H3,(H3,23,26,27,28,29);6-8,12,23H,3-5,19-20H2,1-2H3;4H2,1-3H3,(H2,8,9,10,11,12);1H4. The molecule has 0 bridgehead atoms. The predicted molar refractivity (Wildman–Crippen MR) is 263 cm³/mol. The Labute approximate surface area is 403 Å². The summed E-state index contributed by atoms with van der Waals surface area (Å²) in [7, 11) is 0. The minimum atomic E-state index is -1.20. The van der Waals surface area contributed by atoms with Gasteiger partial charge in [-0.15, -0.1) is 0 Å². The molecule has 0 spiro atoms. The minimum absolute atomic E-state index is 0. The van der Waals surface area contributed by atoms with Crippen LogP contribution in [0.15, 0.2) is 41.9 Å². The molecule has 20 nitrogen and oxygen atoms in total. The summed E-state index contributed by atoms with van der Waals surface area (Å²) in [5, 5.41) is 30.5. The highest BCUT2D eigenvalue weighted by Crippen LogP contribution is 2.42. The zero-order valence-corrected chi connectivity index (χ0v) is 40.0. The van der Waals surface area contributed by atoms with Gasteiger partial charge >= 0.3 is 12.1 Å². The Balaban J connectivity index is 0.000000243. The van der Waals surface area contributed by atoms with Crippen LogP contribution in [0.25, 0.3) is 33.3 Å². The number of H-pyrrole nitrogens is 1. The first-order valence-electron chi connectivity index (χ1n) is 21.8. The Morgan fingerprint density at radius 1 is 0.841 bits per heavy atom. The van der Waals surface area contributed by atoms with Crippen LogP contribution in [0.1, 0.15) is 117 Å². The molecule has 2 unspecified atom stereocenters. The van der Waals surface area contributed by atoms with Crippen LogP contribution in [0.4, 0.5) is 35.7 Å². The molecule has 2 aliphatic heterocycles. The molecule has 0 radical (unpaired) electrons. The van der Waals surface area contributed by atoms with Gasteiger partial charge in [0.25, 0.3) is 0 Å². The normalized spacial score (nSPS) is 15.8. The van der Waals surface area contributed by atoms with Gasteiger partial charge in [-0.2, -0.15) is 4.99 Å². The number of amides is 5. The van der Waals surface area contributed by atoms with Gasteiger partial charge in [0.15, 0.2) is 16.8 Å². The quantitative estimate of drug-likeness (QED) is 0.0404. The third-order valence-electron chi connectivity index (χ3n) is 10.2. The maximum Gasteiger partial charge on any atom is 0.343 e. The lowest BCUT2D eigenvalue weighted by Crippen LogP contribution is -2.28. The van der Waals surface area contributed by atoms with Crippen molar-refractivity contribution in [1.29, 1.82) is 0 Å². The number of hydrogen-bond acceptors (Lipinski definition) is 15. The van der Waals surface area contributed by atoms with E-state index in [1.54, 1.807) is 53.9 Å². The van der Waals surface area contributed by atoms with Gasteiger partial charge in [-0.25, -0.2) is 43.3 Å². The van der Waals surface area contributed by atoms with Gasteiger partial charge < -0.3 is 52.1 Å². The van der Waals surface area contributed by atoms with E-state index in [-0.39, 0.29) is 53.8 Å². The van der Waals surface area contributed by atoms with Crippen LogP contribution in [0.2, 0.25) is 0 Å². The Morgan fingerprint density at radius 3 is 1.78 bits per heavy atom. The van der Waals surface area contributed by atoms with E-state index in [1.165, 1.54) is 49.5 Å². The number of aromatic amines is 1. The number of urea groups is 2. The Bertz CT molecular complexity index is 2590. The third kappa shape index (κ3) is 14.3. The zero-order valence-electron chi connectivity index (χ0n) is 39.2. The second-order valence-corrected chi connectivity index (χ2v) is 17.4. The fourth-order valence-electron chi connectivity index (χ4n) is 7.00. The van der Waals surface area contributed by atoms with Crippen molar-refractivity contribution in [1.82, 2.24) is 45.9 Å². The lowest BCUT2D eigenvalue weighted by molar-refractivity contribution is -0.117. The van der Waals surface area contributed by atoms with Crippen molar-refractivity contribution in [2.45, 2.75) is 105 Å². The zero-order chi connectivity index (χ0) is 49.9. The maximum absolute atomic E-state index is 15.7. The molecule has 5 aromatic rings. The summed E-state index contributed by atoms with van der Waals surface area (Å²) >= 11 is 1.21. The molecule has 2 atom stereocenters. The summed E-state index contributed by atoms with van der Waals surface area (Å²) in [5.74, 6) is -0.451. The SMILES string of the molecule is C.CC(C)(O)c1ncc(-c2cc(N)c(N)c(C3CCCO3)c2F)cn1.CCNC(=O)N=C(NC(C)=O)SC.CCNC(=O)Nc1nc2c(C3CCCO3)c(F)c(-c3cnc(C(C)(C)O)nc3)cc2[nH]1. The number of carbonyl (C=O) groups excluding carboxylic acids is 3. The van der Waals surface area contributed by atoms with Gasteiger partial charge in [0.05, 0.1) is 34.6 Å². The molecule has 23 heteroatoms. The summed E-state index contributed by atoms with van der Waals surface area (Å²) in [6.45, 7) is 13.4. The first-order chi connectivity index (χ1) is 32.2. The van der Waals surface area contributed by atoms with Crippen molar-refractivity contribution in [2.75, 3.05) is 49.3 Å². The summed E-state index contributed by atoms with van der Waals surface area (Å²) in [4.78, 5) is 61.1. The number of aromatic nitrogens is 6. The van der Waals surface area contributed by atoms with E-state index in [9.17, 15) is 24.6 Å². The van der Waals surface area contributed by atoms with E-state index in [0.717, 1.165) is 12.8 Å². The van der Waals surface area contributed by atoms with Gasteiger partial charge in [-0.05, 0) is 85.6 Å². The summed E-state index contributed by atoms with van der Waals surface area (Å²) in [5.41, 5.74) is 13.2. The molecule has 2 aromatic carbocycles. The molecule has 0 aliphatic carbocycles. The first kappa shape index (κ1) is 55.2. The number of ether oxygens (including phenoxy) is 2. The van der Waals surface area contributed by atoms with Gasteiger partial charge in [0, 0.05) is 91.4 Å². The molecule has 5 amide bonds. The minimum Gasteiger partial charge on any atom is -0.397 e. The summed E-state index contributed by atoms with van der Waals surface area (Å²) in [6.07, 6.45) is 9.87. The average molecular weight is 980 g/mol. The molecule has 3 aromatic heterocycles. The Kier molecular flexibility index (Phi) is 19.4. The smallest absolute Gasteiger partial charge is 0.343 e. The highest BCUT2D eigenvalue weighted by atomic mass is 32.2. The van der Waals surface area contributed by atoms with Crippen molar-refractivity contribution in [3.05, 3.63) is 71.3 Å². The molecule has 374 valence electrons. The summed E-state index contributed by atoms with van der Waals surface area (Å²) in [6, 6.07) is 2.24. The molecule has 5 heterocycles. The maximum atomic E-state index is 15.7. The molecular weight excluding hydrogens is 917 g/mol. The molecule has 0 saturated carbocycles. The number of nitrogens with zero attached hydrogens (tertiary/aromatic N) is 6. The number of benzene rings is 2. The predicted octanol–water partition coefficient (Wildman–Crippen LogP) is 7.11. The van der Waals surface area contributed by atoms with E-state index in [0.29, 0.717) is 83.3 Å². The molecule has 2 aliphatic rings. The number of aliphatic imine (C=N–C) groups is 1. The van der Waals surface area contributed by atoms with E-state index >= 15 is 8.78 Å². The number of imidazole rings is 1. The molecule has 2 saturated heterocycles. The summed E-state index contributed by atoms with van der Waals surface area (Å²) < 4.78 is 42.1. The van der Waals surface area contributed by atoms with Crippen LogP contribution >= 0.6 is 11.8 Å². The van der Waals surface area contributed by atoms with E-state index in [2.05, 4.69) is 56.2 Å². The first-order valence-corrected chi connectivity index (χ1v) is 23.0. The number of halogens is 2. The fourth-order valence-corrected chi connectivity index (χ4v) is 7.42. The number of amidine groups is 1. The molecule has 69 heavy (non-hydrogen) atoms. The number of fused-ring (bicyclic) bond motifs is 1. The number of nitrogens with one attached hydrogen (secondary N) is 5. The number of hydrogen-bond donors (Lipinski definition) is 9. The lowest BCUT2D eigenvalue weighted by atomic mass is 9.96. The second-order valence-electron chi connectivity index (χ2n) is 16.6. The highest BCUT2D eigenvalue weighted by molar-refractivity contribution is 8.13. The third-order valence-corrected chi connectivity index (χ3v) is 10.8. The van der Waals surface area contributed by atoms with Crippen molar-refractivity contribution in [3.8, 4) is 22.3 Å². The largest absolute Gasteiger partial charge is 0.397 e. The van der Waals surface area contributed by atoms with Crippen molar-refractivity contribution in [2.24, 2.45) is 4.99 Å². The second kappa shape index (κ2) is 24.2. The van der Waals surface area contributed by atoms with Crippen LogP contribution in [0.5, 0.6) is 0 Å². The van der Waals surface area contributed by atoms with Gasteiger partial charge in [0.1, 0.15) is 22.8 Å². The number of nitrogen functional groups attached to an aromatic ring is 2. The number of aliphatic hydroxyl groups is 2. The van der Waals surface area contributed by atoms with E-state index < -0.39 is 41.0 Å². The Hall–Kier alpha value is -6.40. The van der Waals surface area contributed by atoms with E-state index in [4.69, 9.17) is 20.9 Å². The van der Waals surface area contributed by atoms with Crippen LogP contribution in [0.3, 0.4) is 0 Å². The lowest BCUT2D eigenvalue weighted by Gasteiger charge is -2.19. The van der Waals surface area contributed by atoms with Crippen LogP contribution in [-0.2, 0) is 25.5 Å². The number of carbonyl (C=O) groups is 3. The number of anilines is 3. The van der Waals surface area contributed by atoms with E-state index in [1.807, 2.05) is 0 Å². The number of thioether (sulfide) groups is 1. The number of rotatable bonds is 9. The van der Waals surface area contributed by atoms with Crippen LogP contribution < -0.4 is 32.7 Å². The fraction of sp³-hybridized carbons (Fsp3) is 0.457. The molecule has 2 fully saturated rings. The van der Waals surface area contributed by atoms with Gasteiger partial charge in [-0.3, -0.25) is 10.1 Å². The van der Waals surface area contributed by atoms with Crippen molar-refractivity contribution in [3.63, 3.8) is 0 Å². The Morgan fingerprint density at radius 2 is 1.33 bits per heavy atom. The van der Waals surface area contributed by atoms with Crippen molar-refractivity contribution < 1.29 is 42.9 Å². The monoisotopic (exact) mass is 979 g/mol. The molecule has 7 rings (SSSR count). The molecule has 11 N–H and O–H groups in total. The molecular formula is C46H63F2N13O7S. The van der Waals surface area contributed by atoms with Crippen molar-refractivity contribution >= 4 is 63.3 Å². The topological polar surface area (TPSA) is 303 Å². The van der Waals surface area contributed by atoms with Gasteiger partial charge in [0.2, 0.25) is 11.9 Å². The van der Waals surface area contributed by atoms with Gasteiger partial charge in [-0.1, -0.05) is 19.2 Å². The number of nitrogens with two attached hydrogens (primary N) is 2. The highest BCUT2D eigenvalue weighted by Gasteiger charge is 2.30. The van der Waals surface area contributed by atoms with Crippen LogP contribution in [0, 0.1) is 11.6 Å². The van der Waals surface area contributed by atoms with Crippen LogP contribution in [-0.4, -0.2) is 95.8 Å².